The highest BCUT2D eigenvalue weighted by molar-refractivity contribution is 5.54. The molecule has 3 nitrogen and oxygen atoms in total. The lowest BCUT2D eigenvalue weighted by Crippen LogP contribution is -2.40. The zero-order chi connectivity index (χ0) is 11.5. The minimum atomic E-state index is 0.457. The Morgan fingerprint density at radius 1 is 1.19 bits per heavy atom. The van der Waals surface area contributed by atoms with Crippen molar-refractivity contribution in [2.75, 3.05) is 31.4 Å². The number of benzene rings is 1. The van der Waals surface area contributed by atoms with Crippen LogP contribution in [-0.2, 0) is 4.74 Å². The van der Waals surface area contributed by atoms with Crippen molar-refractivity contribution in [2.24, 2.45) is 0 Å². The Labute approximate surface area is 97.4 Å². The second-order valence-electron chi connectivity index (χ2n) is 4.61. The Bertz CT molecular complexity index is 328. The average Bonchev–Trinajstić information content (AvgIpc) is 2.23. The topological polar surface area (TPSA) is 24.5 Å². The van der Waals surface area contributed by atoms with Gasteiger partial charge in [0.25, 0.3) is 0 Å². The molecule has 0 radical (unpaired) electrons. The summed E-state index contributed by atoms with van der Waals surface area (Å²) >= 11 is 0. The molecule has 88 valence electrons. The van der Waals surface area contributed by atoms with Gasteiger partial charge in [-0.25, -0.2) is 0 Å². The zero-order valence-corrected chi connectivity index (χ0v) is 10.2. The molecule has 0 atom stereocenters. The van der Waals surface area contributed by atoms with Crippen molar-refractivity contribution >= 4 is 11.4 Å². The van der Waals surface area contributed by atoms with Crippen LogP contribution in [0.2, 0.25) is 0 Å². The summed E-state index contributed by atoms with van der Waals surface area (Å²) in [5.74, 6) is 0. The monoisotopic (exact) mass is 220 g/mol. The number of anilines is 2. The van der Waals surface area contributed by atoms with E-state index in [4.69, 9.17) is 4.74 Å². The first-order chi connectivity index (χ1) is 7.69. The van der Waals surface area contributed by atoms with E-state index in [1.165, 1.54) is 11.4 Å². The molecular weight excluding hydrogens is 200 g/mol. The minimum absolute atomic E-state index is 0.457. The van der Waals surface area contributed by atoms with E-state index in [-0.39, 0.29) is 0 Å². The van der Waals surface area contributed by atoms with Crippen LogP contribution in [0.3, 0.4) is 0 Å². The van der Waals surface area contributed by atoms with E-state index in [2.05, 4.69) is 48.6 Å². The van der Waals surface area contributed by atoms with Crippen molar-refractivity contribution in [1.29, 1.82) is 0 Å². The highest BCUT2D eigenvalue weighted by Crippen LogP contribution is 2.26. The van der Waals surface area contributed by atoms with Crippen LogP contribution >= 0.6 is 0 Å². The summed E-state index contributed by atoms with van der Waals surface area (Å²) < 4.78 is 5.26. The van der Waals surface area contributed by atoms with Gasteiger partial charge in [-0.15, -0.1) is 0 Å². The van der Waals surface area contributed by atoms with Gasteiger partial charge in [-0.2, -0.15) is 0 Å². The molecule has 0 aliphatic heterocycles. The number of nitrogens with one attached hydrogen (secondary N) is 1. The molecule has 0 spiro atoms. The van der Waals surface area contributed by atoms with Gasteiger partial charge in [-0.05, 0) is 37.1 Å². The number of hydrogen-bond acceptors (Lipinski definition) is 3. The van der Waals surface area contributed by atoms with E-state index in [1.54, 1.807) is 7.11 Å². The average molecular weight is 220 g/mol. The van der Waals surface area contributed by atoms with Gasteiger partial charge in [0.15, 0.2) is 0 Å². The van der Waals surface area contributed by atoms with Gasteiger partial charge in [-0.3, -0.25) is 0 Å². The molecule has 2 rings (SSSR count). The SMILES string of the molecule is COC1CC(Nc2ccc(N(C)C)cc2)C1. The minimum Gasteiger partial charge on any atom is -0.382 e. The van der Waals surface area contributed by atoms with Crippen molar-refractivity contribution in [3.8, 4) is 0 Å². The Kier molecular flexibility index (Phi) is 3.34. The molecule has 1 aliphatic carbocycles. The third-order valence-corrected chi connectivity index (χ3v) is 3.18. The first-order valence-electron chi connectivity index (χ1n) is 5.76. The quantitative estimate of drug-likeness (QED) is 0.843. The highest BCUT2D eigenvalue weighted by Gasteiger charge is 2.28. The first kappa shape index (κ1) is 11.3. The van der Waals surface area contributed by atoms with E-state index in [9.17, 15) is 0 Å². The van der Waals surface area contributed by atoms with Gasteiger partial charge in [0.1, 0.15) is 0 Å². The fourth-order valence-corrected chi connectivity index (χ4v) is 1.97. The normalized spacial score (nSPS) is 23.7. The summed E-state index contributed by atoms with van der Waals surface area (Å²) in [6.07, 6.45) is 2.69. The van der Waals surface area contributed by atoms with Crippen molar-refractivity contribution in [3.05, 3.63) is 24.3 Å². The number of rotatable bonds is 4. The Morgan fingerprint density at radius 2 is 1.81 bits per heavy atom. The first-order valence-corrected chi connectivity index (χ1v) is 5.76. The van der Waals surface area contributed by atoms with Crippen molar-refractivity contribution < 1.29 is 4.74 Å². The summed E-state index contributed by atoms with van der Waals surface area (Å²) in [6.45, 7) is 0. The summed E-state index contributed by atoms with van der Waals surface area (Å²) in [5.41, 5.74) is 2.43. The Morgan fingerprint density at radius 3 is 2.31 bits per heavy atom. The smallest absolute Gasteiger partial charge is 0.0610 e. The lowest BCUT2D eigenvalue weighted by Gasteiger charge is -2.35. The molecule has 0 aromatic heterocycles. The van der Waals surface area contributed by atoms with Gasteiger partial charge in [0.2, 0.25) is 0 Å². The predicted molar refractivity (Wildman–Crippen MR) is 68.2 cm³/mol. The highest BCUT2D eigenvalue weighted by atomic mass is 16.5. The summed E-state index contributed by atoms with van der Waals surface area (Å²) in [6, 6.07) is 9.12. The molecule has 16 heavy (non-hydrogen) atoms. The summed E-state index contributed by atoms with van der Waals surface area (Å²) in [4.78, 5) is 2.11. The van der Waals surface area contributed by atoms with E-state index < -0.39 is 0 Å². The molecule has 1 aromatic rings. The van der Waals surface area contributed by atoms with Gasteiger partial charge in [-0.1, -0.05) is 0 Å². The molecule has 1 fully saturated rings. The lowest BCUT2D eigenvalue weighted by atomic mass is 9.89. The Hall–Kier alpha value is -1.22. The van der Waals surface area contributed by atoms with Crippen LogP contribution in [-0.4, -0.2) is 33.4 Å². The summed E-state index contributed by atoms with van der Waals surface area (Å²) in [5, 5.41) is 3.51. The predicted octanol–water partition coefficient (Wildman–Crippen LogP) is 2.34. The maximum Gasteiger partial charge on any atom is 0.0610 e. The van der Waals surface area contributed by atoms with Crippen LogP contribution in [0.15, 0.2) is 24.3 Å². The van der Waals surface area contributed by atoms with Crippen LogP contribution in [0, 0.1) is 0 Å². The van der Waals surface area contributed by atoms with E-state index in [0.717, 1.165) is 12.8 Å². The largest absolute Gasteiger partial charge is 0.382 e. The summed E-state index contributed by atoms with van der Waals surface area (Å²) in [7, 11) is 5.89. The van der Waals surface area contributed by atoms with Crippen LogP contribution < -0.4 is 10.2 Å². The van der Waals surface area contributed by atoms with Gasteiger partial charge < -0.3 is 15.0 Å². The van der Waals surface area contributed by atoms with Gasteiger partial charge >= 0.3 is 0 Å². The molecule has 3 heteroatoms. The van der Waals surface area contributed by atoms with Crippen LogP contribution in [0.4, 0.5) is 11.4 Å². The molecular formula is C13H20N2O. The maximum absolute atomic E-state index is 5.26. The van der Waals surface area contributed by atoms with Crippen molar-refractivity contribution in [3.63, 3.8) is 0 Å². The van der Waals surface area contributed by atoms with Crippen LogP contribution in [0.1, 0.15) is 12.8 Å². The maximum atomic E-state index is 5.26. The lowest BCUT2D eigenvalue weighted by molar-refractivity contribution is 0.0329. The van der Waals surface area contributed by atoms with Crippen molar-refractivity contribution in [1.82, 2.24) is 0 Å². The molecule has 0 bridgehead atoms. The number of hydrogen-bond donors (Lipinski definition) is 1. The molecule has 1 aromatic carbocycles. The van der Waals surface area contributed by atoms with Crippen LogP contribution in [0.25, 0.3) is 0 Å². The van der Waals surface area contributed by atoms with Crippen molar-refractivity contribution in [2.45, 2.75) is 25.0 Å². The number of nitrogens with zero attached hydrogens (tertiary/aromatic N) is 1. The van der Waals surface area contributed by atoms with E-state index in [1.807, 2.05) is 0 Å². The third-order valence-electron chi connectivity index (χ3n) is 3.18. The van der Waals surface area contributed by atoms with Gasteiger partial charge in [0.05, 0.1) is 6.10 Å². The Balaban J connectivity index is 1.86. The fraction of sp³-hybridized carbons (Fsp3) is 0.538. The number of methoxy groups -OCH3 is 1. The second-order valence-corrected chi connectivity index (χ2v) is 4.61. The van der Waals surface area contributed by atoms with E-state index in [0.29, 0.717) is 12.1 Å². The molecule has 1 N–H and O–H groups in total. The van der Waals surface area contributed by atoms with E-state index >= 15 is 0 Å². The molecule has 1 aliphatic rings. The van der Waals surface area contributed by atoms with Gasteiger partial charge in [0, 0.05) is 38.6 Å². The molecule has 0 saturated heterocycles. The molecule has 0 unspecified atom stereocenters. The van der Waals surface area contributed by atoms with Crippen LogP contribution in [0.5, 0.6) is 0 Å². The zero-order valence-electron chi connectivity index (χ0n) is 10.2. The molecule has 1 saturated carbocycles. The molecule has 0 heterocycles. The fourth-order valence-electron chi connectivity index (χ4n) is 1.97. The third kappa shape index (κ3) is 2.47. The number of ether oxygens (including phenoxy) is 1. The standard InChI is InChI=1S/C13H20N2O/c1-15(2)12-6-4-10(5-7-12)14-11-8-13(9-11)16-3/h4-7,11,13-14H,8-9H2,1-3H3. The molecule has 0 amide bonds. The second kappa shape index (κ2) is 4.74.